The Labute approximate surface area is 148 Å². The van der Waals surface area contributed by atoms with Gasteiger partial charge in [0.2, 0.25) is 0 Å². The van der Waals surface area contributed by atoms with E-state index in [-0.39, 0.29) is 13.2 Å². The van der Waals surface area contributed by atoms with Crippen LogP contribution in [-0.2, 0) is 0 Å². The summed E-state index contributed by atoms with van der Waals surface area (Å²) in [7, 11) is 0. The van der Waals surface area contributed by atoms with Crippen molar-refractivity contribution in [2.24, 2.45) is 0 Å². The molecule has 0 aliphatic carbocycles. The van der Waals surface area contributed by atoms with Crippen LogP contribution in [-0.4, -0.2) is 24.0 Å². The van der Waals surface area contributed by atoms with Gasteiger partial charge in [0.05, 0.1) is 12.1 Å². The molecule has 3 aromatic rings. The van der Waals surface area contributed by atoms with Crippen molar-refractivity contribution in [1.82, 2.24) is 10.3 Å². The molecule has 6 heteroatoms. The van der Waals surface area contributed by atoms with E-state index in [1.807, 2.05) is 24.3 Å². The number of rotatable bonds is 4. The Kier molecular flexibility index (Phi) is 5.40. The van der Waals surface area contributed by atoms with Crippen molar-refractivity contribution in [3.05, 3.63) is 71.9 Å². The first kappa shape index (κ1) is 17.4. The Morgan fingerprint density at radius 2 is 1.88 bits per heavy atom. The van der Waals surface area contributed by atoms with E-state index in [2.05, 4.69) is 22.1 Å². The molecule has 0 spiro atoms. The molecule has 4 nitrogen and oxygen atoms in total. The normalized spacial score (nSPS) is 10.1. The highest BCUT2D eigenvalue weighted by atomic mass is 19.1. The van der Waals surface area contributed by atoms with E-state index in [0.717, 1.165) is 23.0 Å². The van der Waals surface area contributed by atoms with Gasteiger partial charge >= 0.3 is 0 Å². The van der Waals surface area contributed by atoms with Gasteiger partial charge in [-0.25, -0.2) is 8.78 Å². The monoisotopic (exact) mass is 352 g/mol. The molecule has 0 aliphatic heterocycles. The molecule has 0 bridgehead atoms. The van der Waals surface area contributed by atoms with Gasteiger partial charge in [-0.15, -0.1) is 0 Å². The van der Waals surface area contributed by atoms with E-state index >= 15 is 0 Å². The van der Waals surface area contributed by atoms with E-state index in [1.165, 1.54) is 6.07 Å². The van der Waals surface area contributed by atoms with Gasteiger partial charge < -0.3 is 10.1 Å². The van der Waals surface area contributed by atoms with Crippen molar-refractivity contribution in [1.29, 1.82) is 0 Å². The fourth-order valence-electron chi connectivity index (χ4n) is 2.30. The number of halogens is 2. The van der Waals surface area contributed by atoms with Gasteiger partial charge in [0.25, 0.3) is 5.91 Å². The number of aromatic nitrogens is 1. The largest absolute Gasteiger partial charge is 0.481 e. The highest BCUT2D eigenvalue weighted by molar-refractivity contribution is 5.94. The van der Waals surface area contributed by atoms with Gasteiger partial charge in [-0.3, -0.25) is 9.78 Å². The van der Waals surface area contributed by atoms with E-state index < -0.39 is 23.1 Å². The Morgan fingerprint density at radius 3 is 2.69 bits per heavy atom. The number of ether oxygens (including phenoxy) is 1. The Hall–Kier alpha value is -3.46. The maximum absolute atomic E-state index is 13.5. The molecule has 1 heterocycles. The standard InChI is InChI=1S/C20H14F2N2O2/c21-16-6-3-7-17(22)19(16)20(25)24-10-1-2-12-26-15-9-8-14-5-4-11-23-18(14)13-15/h3-9,11,13H,10,12H2,(H,24,25). The first-order chi connectivity index (χ1) is 12.6. The summed E-state index contributed by atoms with van der Waals surface area (Å²) < 4.78 is 32.4. The zero-order valence-corrected chi connectivity index (χ0v) is 13.6. The predicted molar refractivity (Wildman–Crippen MR) is 93.7 cm³/mol. The number of carbonyl (C=O) groups is 1. The summed E-state index contributed by atoms with van der Waals surface area (Å²) >= 11 is 0. The van der Waals surface area contributed by atoms with Crippen LogP contribution >= 0.6 is 0 Å². The predicted octanol–water partition coefficient (Wildman–Crippen LogP) is 3.33. The molecule has 2 aromatic carbocycles. The molecule has 1 aromatic heterocycles. The van der Waals surface area contributed by atoms with Crippen LogP contribution in [0.15, 0.2) is 54.7 Å². The minimum absolute atomic E-state index is 0.0464. The minimum atomic E-state index is -0.913. The average molecular weight is 352 g/mol. The van der Waals surface area contributed by atoms with Gasteiger partial charge in [0.15, 0.2) is 0 Å². The van der Waals surface area contributed by atoms with Crippen molar-refractivity contribution in [3.63, 3.8) is 0 Å². The first-order valence-corrected chi connectivity index (χ1v) is 7.80. The molecule has 1 N–H and O–H groups in total. The summed E-state index contributed by atoms with van der Waals surface area (Å²) in [6.07, 6.45) is 1.70. The van der Waals surface area contributed by atoms with Crippen LogP contribution in [0, 0.1) is 23.5 Å². The zero-order chi connectivity index (χ0) is 18.4. The van der Waals surface area contributed by atoms with Crippen LogP contribution in [0.1, 0.15) is 10.4 Å². The number of benzene rings is 2. The number of nitrogens with one attached hydrogen (secondary N) is 1. The second kappa shape index (κ2) is 8.08. The average Bonchev–Trinajstić information content (AvgIpc) is 2.64. The number of carbonyl (C=O) groups excluding carboxylic acids is 1. The van der Waals surface area contributed by atoms with Gasteiger partial charge in [-0.05, 0) is 30.3 Å². The zero-order valence-electron chi connectivity index (χ0n) is 13.6. The molecule has 0 fully saturated rings. The van der Waals surface area contributed by atoms with Crippen molar-refractivity contribution in [2.75, 3.05) is 13.2 Å². The third-order valence-corrected chi connectivity index (χ3v) is 3.54. The number of fused-ring (bicyclic) bond motifs is 1. The number of amides is 1. The van der Waals surface area contributed by atoms with Gasteiger partial charge in [0.1, 0.15) is 29.6 Å². The lowest BCUT2D eigenvalue weighted by Crippen LogP contribution is -2.25. The van der Waals surface area contributed by atoms with Crippen LogP contribution < -0.4 is 10.1 Å². The second-order valence-electron chi connectivity index (χ2n) is 5.28. The third kappa shape index (κ3) is 4.14. The molecule has 3 rings (SSSR count). The van der Waals surface area contributed by atoms with Crippen LogP contribution in [0.25, 0.3) is 10.9 Å². The molecule has 0 radical (unpaired) electrons. The summed E-state index contributed by atoms with van der Waals surface area (Å²) in [5.74, 6) is 3.34. The number of hydrogen-bond donors (Lipinski definition) is 1. The number of hydrogen-bond acceptors (Lipinski definition) is 3. The lowest BCUT2D eigenvalue weighted by atomic mass is 10.2. The van der Waals surface area contributed by atoms with Crippen molar-refractivity contribution >= 4 is 16.8 Å². The van der Waals surface area contributed by atoms with Crippen LogP contribution in [0.2, 0.25) is 0 Å². The molecule has 0 atom stereocenters. The maximum Gasteiger partial charge on any atom is 0.258 e. The third-order valence-electron chi connectivity index (χ3n) is 3.54. The number of nitrogens with zero attached hydrogens (tertiary/aromatic N) is 1. The first-order valence-electron chi connectivity index (χ1n) is 7.80. The fourth-order valence-corrected chi connectivity index (χ4v) is 2.30. The van der Waals surface area contributed by atoms with Crippen molar-refractivity contribution in [3.8, 4) is 17.6 Å². The van der Waals surface area contributed by atoms with E-state index in [0.29, 0.717) is 5.75 Å². The SMILES string of the molecule is O=C(NCC#CCOc1ccc2cccnc2c1)c1c(F)cccc1F. The smallest absolute Gasteiger partial charge is 0.258 e. The van der Waals surface area contributed by atoms with Gasteiger partial charge in [0, 0.05) is 17.6 Å². The second-order valence-corrected chi connectivity index (χ2v) is 5.28. The summed E-state index contributed by atoms with van der Waals surface area (Å²) in [6, 6.07) is 12.6. The minimum Gasteiger partial charge on any atom is -0.481 e. The van der Waals surface area contributed by atoms with E-state index in [1.54, 1.807) is 12.3 Å². The maximum atomic E-state index is 13.5. The van der Waals surface area contributed by atoms with Crippen LogP contribution in [0.4, 0.5) is 8.78 Å². The molecule has 0 aliphatic rings. The quantitative estimate of drug-likeness (QED) is 0.733. The van der Waals surface area contributed by atoms with E-state index in [4.69, 9.17) is 4.74 Å². The molecule has 1 amide bonds. The molecule has 0 saturated carbocycles. The molecule has 0 saturated heterocycles. The van der Waals surface area contributed by atoms with Crippen molar-refractivity contribution < 1.29 is 18.3 Å². The summed E-state index contributed by atoms with van der Waals surface area (Å²) in [5.41, 5.74) is 0.200. The molecule has 0 unspecified atom stereocenters. The highest BCUT2D eigenvalue weighted by Crippen LogP contribution is 2.18. The Bertz CT molecular complexity index is 989. The summed E-state index contributed by atoms with van der Waals surface area (Å²) in [5, 5.41) is 3.35. The summed E-state index contributed by atoms with van der Waals surface area (Å²) in [4.78, 5) is 16.0. The van der Waals surface area contributed by atoms with Crippen molar-refractivity contribution in [2.45, 2.75) is 0 Å². The van der Waals surface area contributed by atoms with E-state index in [9.17, 15) is 13.6 Å². The summed E-state index contributed by atoms with van der Waals surface area (Å²) in [6.45, 7) is 0.0670. The molecule has 26 heavy (non-hydrogen) atoms. The van der Waals surface area contributed by atoms with Crippen LogP contribution in [0.5, 0.6) is 5.75 Å². The highest BCUT2D eigenvalue weighted by Gasteiger charge is 2.15. The molecular weight excluding hydrogens is 338 g/mol. The van der Waals surface area contributed by atoms with Gasteiger partial charge in [-0.2, -0.15) is 0 Å². The molecule has 130 valence electrons. The topological polar surface area (TPSA) is 51.2 Å². The number of pyridine rings is 1. The van der Waals surface area contributed by atoms with Crippen LogP contribution in [0.3, 0.4) is 0 Å². The molecular formula is C20H14F2N2O2. The Morgan fingerprint density at radius 1 is 1.08 bits per heavy atom. The van der Waals surface area contributed by atoms with Gasteiger partial charge in [-0.1, -0.05) is 24.0 Å². The Balaban J connectivity index is 1.50. The lowest BCUT2D eigenvalue weighted by Gasteiger charge is -2.04. The lowest BCUT2D eigenvalue weighted by molar-refractivity contribution is 0.0950. The fraction of sp³-hybridized carbons (Fsp3) is 0.100.